The van der Waals surface area contributed by atoms with Gasteiger partial charge in [0.1, 0.15) is 0 Å². The second-order valence-corrected chi connectivity index (χ2v) is 4.87. The van der Waals surface area contributed by atoms with E-state index in [1.54, 1.807) is 10.7 Å². The number of amides is 1. The molecule has 5 nitrogen and oxygen atoms in total. The molecule has 1 N–H and O–H groups in total. The van der Waals surface area contributed by atoms with Gasteiger partial charge in [0.05, 0.1) is 5.69 Å². The number of nitrogens with zero attached hydrogens (tertiary/aromatic N) is 3. The quantitative estimate of drug-likeness (QED) is 0.733. The first-order valence-electron chi connectivity index (χ1n) is 6.53. The highest BCUT2D eigenvalue weighted by molar-refractivity contribution is 5.94. The zero-order chi connectivity index (χ0) is 13.5. The normalized spacial score (nSPS) is 14.1. The molecular weight excluding hydrogens is 252 g/mol. The number of nitrogens with one attached hydrogen (secondary N) is 1. The standard InChI is InChI=1S/C15H12N4O/c20-15-6-2-10-9-11(1-3-12(10)17-15)13-4-5-14-16-7-8-19(14)18-13/h1,3-5,7-9H,2,6H2,(H,17,20). The van der Waals surface area contributed by atoms with Crippen molar-refractivity contribution >= 4 is 17.2 Å². The third-order valence-electron chi connectivity index (χ3n) is 3.55. The average molecular weight is 264 g/mol. The highest BCUT2D eigenvalue weighted by Crippen LogP contribution is 2.27. The molecule has 0 saturated carbocycles. The number of anilines is 1. The summed E-state index contributed by atoms with van der Waals surface area (Å²) in [6.07, 6.45) is 4.89. The van der Waals surface area contributed by atoms with Gasteiger partial charge in [0.2, 0.25) is 5.91 Å². The average Bonchev–Trinajstić information content (AvgIpc) is 2.94. The third-order valence-corrected chi connectivity index (χ3v) is 3.55. The van der Waals surface area contributed by atoms with Gasteiger partial charge in [0.25, 0.3) is 0 Å². The molecule has 1 amide bonds. The van der Waals surface area contributed by atoms with Crippen molar-refractivity contribution in [3.05, 3.63) is 48.3 Å². The Morgan fingerprint density at radius 3 is 3.05 bits per heavy atom. The van der Waals surface area contributed by atoms with E-state index in [1.807, 2.05) is 30.5 Å². The Balaban J connectivity index is 1.80. The summed E-state index contributed by atoms with van der Waals surface area (Å²) in [6, 6.07) is 9.94. The van der Waals surface area contributed by atoms with E-state index in [9.17, 15) is 4.79 Å². The molecule has 1 aliphatic heterocycles. The fourth-order valence-corrected chi connectivity index (χ4v) is 2.51. The Kier molecular flexibility index (Phi) is 2.32. The maximum atomic E-state index is 11.4. The molecule has 1 aliphatic rings. The molecule has 20 heavy (non-hydrogen) atoms. The van der Waals surface area contributed by atoms with Crippen LogP contribution in [-0.4, -0.2) is 20.5 Å². The molecule has 4 rings (SSSR count). The summed E-state index contributed by atoms with van der Waals surface area (Å²) in [4.78, 5) is 15.5. The van der Waals surface area contributed by atoms with Gasteiger partial charge in [-0.05, 0) is 36.2 Å². The SMILES string of the molecule is O=C1CCc2cc(-c3ccc4nccn4n3)ccc2N1. The summed E-state index contributed by atoms with van der Waals surface area (Å²) in [5.41, 5.74) is 4.85. The topological polar surface area (TPSA) is 59.3 Å². The molecule has 98 valence electrons. The Morgan fingerprint density at radius 1 is 1.15 bits per heavy atom. The van der Waals surface area contributed by atoms with E-state index in [2.05, 4.69) is 21.5 Å². The molecule has 3 heterocycles. The largest absolute Gasteiger partial charge is 0.326 e. The van der Waals surface area contributed by atoms with E-state index in [4.69, 9.17) is 0 Å². The number of aromatic nitrogens is 3. The van der Waals surface area contributed by atoms with Gasteiger partial charge < -0.3 is 5.32 Å². The first-order valence-corrected chi connectivity index (χ1v) is 6.53. The van der Waals surface area contributed by atoms with Crippen LogP contribution in [0.25, 0.3) is 16.9 Å². The van der Waals surface area contributed by atoms with Crippen molar-refractivity contribution in [3.63, 3.8) is 0 Å². The summed E-state index contributed by atoms with van der Waals surface area (Å²) in [7, 11) is 0. The molecule has 0 bridgehead atoms. The smallest absolute Gasteiger partial charge is 0.224 e. The lowest BCUT2D eigenvalue weighted by molar-refractivity contribution is -0.116. The van der Waals surface area contributed by atoms with E-state index in [-0.39, 0.29) is 5.91 Å². The van der Waals surface area contributed by atoms with Gasteiger partial charge in [-0.15, -0.1) is 0 Å². The molecule has 0 unspecified atom stereocenters. The molecule has 0 fully saturated rings. The predicted octanol–water partition coefficient (Wildman–Crippen LogP) is 2.28. The number of fused-ring (bicyclic) bond motifs is 2. The Morgan fingerprint density at radius 2 is 2.10 bits per heavy atom. The van der Waals surface area contributed by atoms with Crippen LogP contribution in [0.3, 0.4) is 0 Å². The number of carbonyl (C=O) groups is 1. The predicted molar refractivity (Wildman–Crippen MR) is 75.4 cm³/mol. The van der Waals surface area contributed by atoms with Gasteiger partial charge in [-0.2, -0.15) is 5.10 Å². The molecule has 3 aromatic rings. The number of imidazole rings is 1. The summed E-state index contributed by atoms with van der Waals surface area (Å²) in [6.45, 7) is 0. The third kappa shape index (κ3) is 1.75. The van der Waals surface area contributed by atoms with Gasteiger partial charge in [-0.25, -0.2) is 9.50 Å². The molecule has 0 spiro atoms. The Labute approximate surface area is 115 Å². The first kappa shape index (κ1) is 11.2. The van der Waals surface area contributed by atoms with Crippen LogP contribution >= 0.6 is 0 Å². The molecular formula is C15H12N4O. The van der Waals surface area contributed by atoms with Crippen LogP contribution in [-0.2, 0) is 11.2 Å². The van der Waals surface area contributed by atoms with Crippen LogP contribution in [0.2, 0.25) is 0 Å². The zero-order valence-corrected chi connectivity index (χ0v) is 10.7. The second-order valence-electron chi connectivity index (χ2n) is 4.87. The van der Waals surface area contributed by atoms with E-state index in [0.29, 0.717) is 6.42 Å². The van der Waals surface area contributed by atoms with Crippen molar-refractivity contribution in [2.45, 2.75) is 12.8 Å². The van der Waals surface area contributed by atoms with E-state index in [1.165, 1.54) is 0 Å². The van der Waals surface area contributed by atoms with Crippen LogP contribution in [0.4, 0.5) is 5.69 Å². The monoisotopic (exact) mass is 264 g/mol. The highest BCUT2D eigenvalue weighted by Gasteiger charge is 2.15. The van der Waals surface area contributed by atoms with Crippen LogP contribution < -0.4 is 5.32 Å². The zero-order valence-electron chi connectivity index (χ0n) is 10.7. The van der Waals surface area contributed by atoms with Gasteiger partial charge in [-0.1, -0.05) is 6.07 Å². The van der Waals surface area contributed by atoms with E-state index in [0.717, 1.165) is 34.6 Å². The second kappa shape index (κ2) is 4.16. The lowest BCUT2D eigenvalue weighted by Crippen LogP contribution is -2.18. The highest BCUT2D eigenvalue weighted by atomic mass is 16.1. The maximum absolute atomic E-state index is 11.4. The van der Waals surface area contributed by atoms with Crippen molar-refractivity contribution in [2.24, 2.45) is 0 Å². The molecule has 0 aliphatic carbocycles. The fraction of sp³-hybridized carbons (Fsp3) is 0.133. The minimum atomic E-state index is 0.0863. The maximum Gasteiger partial charge on any atom is 0.224 e. The minimum Gasteiger partial charge on any atom is -0.326 e. The Bertz CT molecular complexity index is 822. The van der Waals surface area contributed by atoms with Crippen molar-refractivity contribution in [2.75, 3.05) is 5.32 Å². The lowest BCUT2D eigenvalue weighted by atomic mass is 9.99. The number of hydrogen-bond acceptors (Lipinski definition) is 3. The molecule has 1 aromatic carbocycles. The van der Waals surface area contributed by atoms with Crippen molar-refractivity contribution in [3.8, 4) is 11.3 Å². The number of carbonyl (C=O) groups excluding carboxylic acids is 1. The minimum absolute atomic E-state index is 0.0863. The van der Waals surface area contributed by atoms with Gasteiger partial charge in [-0.3, -0.25) is 4.79 Å². The first-order chi connectivity index (χ1) is 9.79. The van der Waals surface area contributed by atoms with Crippen LogP contribution in [0, 0.1) is 0 Å². The molecule has 5 heteroatoms. The summed E-state index contributed by atoms with van der Waals surface area (Å²) >= 11 is 0. The number of aryl methyl sites for hydroxylation is 1. The van der Waals surface area contributed by atoms with Crippen LogP contribution in [0.1, 0.15) is 12.0 Å². The Hall–Kier alpha value is -2.69. The van der Waals surface area contributed by atoms with Crippen molar-refractivity contribution < 1.29 is 4.79 Å². The number of rotatable bonds is 1. The lowest BCUT2D eigenvalue weighted by Gasteiger charge is -2.17. The molecule has 0 atom stereocenters. The molecule has 0 radical (unpaired) electrons. The van der Waals surface area contributed by atoms with Gasteiger partial charge in [0, 0.05) is 30.1 Å². The fourth-order valence-electron chi connectivity index (χ4n) is 2.51. The molecule has 2 aromatic heterocycles. The number of benzene rings is 1. The van der Waals surface area contributed by atoms with Gasteiger partial charge >= 0.3 is 0 Å². The summed E-state index contributed by atoms with van der Waals surface area (Å²) in [5.74, 6) is 0.0863. The summed E-state index contributed by atoms with van der Waals surface area (Å²) in [5, 5.41) is 7.43. The van der Waals surface area contributed by atoms with Crippen LogP contribution in [0.15, 0.2) is 42.7 Å². The van der Waals surface area contributed by atoms with E-state index >= 15 is 0 Å². The molecule has 0 saturated heterocycles. The van der Waals surface area contributed by atoms with Gasteiger partial charge in [0.15, 0.2) is 5.65 Å². The summed E-state index contributed by atoms with van der Waals surface area (Å²) < 4.78 is 1.76. The van der Waals surface area contributed by atoms with Crippen molar-refractivity contribution in [1.82, 2.24) is 14.6 Å². The van der Waals surface area contributed by atoms with E-state index < -0.39 is 0 Å². The van der Waals surface area contributed by atoms with Crippen LogP contribution in [0.5, 0.6) is 0 Å². The number of hydrogen-bond donors (Lipinski definition) is 1. The van der Waals surface area contributed by atoms with Crippen molar-refractivity contribution in [1.29, 1.82) is 0 Å².